The highest BCUT2D eigenvalue weighted by molar-refractivity contribution is 6.33. The van der Waals surface area contributed by atoms with Gasteiger partial charge in [0.15, 0.2) is 11.6 Å². The Bertz CT molecular complexity index is 1170. The SMILES string of the molecule is CCc1cnc(Nc2ccc(C#N)cc2Cl)c(OC)c1OC1C2COCC1CN(C(=O)OC1CC1)C2. The van der Waals surface area contributed by atoms with Gasteiger partial charge in [-0.3, -0.25) is 0 Å². The zero-order valence-electron chi connectivity index (χ0n) is 20.3. The number of pyridine rings is 1. The van der Waals surface area contributed by atoms with Crippen LogP contribution in [0.4, 0.5) is 16.3 Å². The average molecular weight is 513 g/mol. The van der Waals surface area contributed by atoms with Crippen molar-refractivity contribution in [1.82, 2.24) is 9.88 Å². The molecule has 2 saturated heterocycles. The van der Waals surface area contributed by atoms with Crippen LogP contribution in [-0.4, -0.2) is 61.6 Å². The third-order valence-corrected chi connectivity index (χ3v) is 7.12. The number of rotatable bonds is 7. The van der Waals surface area contributed by atoms with Crippen LogP contribution in [0.5, 0.6) is 11.5 Å². The number of hydrogen-bond donors (Lipinski definition) is 1. The first-order valence-electron chi connectivity index (χ1n) is 12.2. The Kier molecular flexibility index (Phi) is 7.08. The molecule has 2 atom stereocenters. The number of likely N-dealkylation sites (tertiary alicyclic amines) is 1. The Morgan fingerprint density at radius 3 is 2.64 bits per heavy atom. The molecule has 2 aliphatic heterocycles. The molecule has 2 aromatic rings. The lowest BCUT2D eigenvalue weighted by molar-refractivity contribution is -0.109. The third-order valence-electron chi connectivity index (χ3n) is 6.81. The van der Waals surface area contributed by atoms with Gasteiger partial charge >= 0.3 is 6.09 Å². The lowest BCUT2D eigenvalue weighted by atomic mass is 9.84. The minimum Gasteiger partial charge on any atom is -0.490 e. The summed E-state index contributed by atoms with van der Waals surface area (Å²) in [6.07, 6.45) is 4.07. The van der Waals surface area contributed by atoms with Crippen LogP contribution in [0.1, 0.15) is 30.9 Å². The lowest BCUT2D eigenvalue weighted by Crippen LogP contribution is -2.58. The van der Waals surface area contributed by atoms with Gasteiger partial charge in [-0.1, -0.05) is 18.5 Å². The molecule has 10 heteroatoms. The minimum atomic E-state index is -0.241. The summed E-state index contributed by atoms with van der Waals surface area (Å²) < 4.78 is 23.8. The molecule has 3 heterocycles. The molecular formula is C26H29ClN4O5. The van der Waals surface area contributed by atoms with E-state index in [0.29, 0.717) is 66.3 Å². The van der Waals surface area contributed by atoms with Gasteiger partial charge in [0.05, 0.1) is 42.7 Å². The molecule has 2 bridgehead atoms. The first kappa shape index (κ1) is 24.5. The number of hydrogen-bond acceptors (Lipinski definition) is 8. The molecule has 3 fully saturated rings. The predicted octanol–water partition coefficient (Wildman–Crippen LogP) is 4.55. The zero-order valence-corrected chi connectivity index (χ0v) is 21.1. The second-order valence-corrected chi connectivity index (χ2v) is 9.81. The molecule has 5 rings (SSSR count). The maximum absolute atomic E-state index is 12.6. The Labute approximate surface area is 215 Å². The molecule has 1 aromatic heterocycles. The Balaban J connectivity index is 1.39. The zero-order chi connectivity index (χ0) is 25.2. The quantitative estimate of drug-likeness (QED) is 0.576. The van der Waals surface area contributed by atoms with Crippen LogP contribution in [-0.2, 0) is 15.9 Å². The van der Waals surface area contributed by atoms with E-state index >= 15 is 0 Å². The fourth-order valence-corrected chi connectivity index (χ4v) is 4.99. The van der Waals surface area contributed by atoms with Crippen LogP contribution < -0.4 is 14.8 Å². The molecule has 3 aliphatic rings. The number of nitriles is 1. The molecule has 1 saturated carbocycles. The van der Waals surface area contributed by atoms with Crippen molar-refractivity contribution in [2.75, 3.05) is 38.7 Å². The van der Waals surface area contributed by atoms with Gasteiger partial charge in [-0.2, -0.15) is 5.26 Å². The third kappa shape index (κ3) is 5.01. The van der Waals surface area contributed by atoms with E-state index in [1.54, 1.807) is 36.4 Å². The van der Waals surface area contributed by atoms with Gasteiger partial charge in [-0.05, 0) is 37.5 Å². The normalized spacial score (nSPS) is 22.9. The number of carbonyl (C=O) groups is 1. The molecule has 190 valence electrons. The van der Waals surface area contributed by atoms with Crippen LogP contribution in [0.25, 0.3) is 0 Å². The van der Waals surface area contributed by atoms with Crippen LogP contribution in [0.15, 0.2) is 24.4 Å². The highest BCUT2D eigenvalue weighted by Gasteiger charge is 2.45. The van der Waals surface area contributed by atoms with Gasteiger partial charge in [0, 0.05) is 36.7 Å². The van der Waals surface area contributed by atoms with Gasteiger partial charge in [0.2, 0.25) is 5.75 Å². The summed E-state index contributed by atoms with van der Waals surface area (Å²) in [7, 11) is 1.58. The summed E-state index contributed by atoms with van der Waals surface area (Å²) in [4.78, 5) is 18.9. The van der Waals surface area contributed by atoms with Crippen molar-refractivity contribution in [2.45, 2.75) is 38.4 Å². The topological polar surface area (TPSA) is 106 Å². The molecule has 0 radical (unpaired) electrons. The number of halogens is 1. The fourth-order valence-electron chi connectivity index (χ4n) is 4.77. The summed E-state index contributed by atoms with van der Waals surface area (Å²) in [6, 6.07) is 7.08. The van der Waals surface area contributed by atoms with Crippen LogP contribution in [0.3, 0.4) is 0 Å². The largest absolute Gasteiger partial charge is 0.490 e. The second-order valence-electron chi connectivity index (χ2n) is 9.41. The average Bonchev–Trinajstić information content (AvgIpc) is 3.69. The molecule has 2 unspecified atom stereocenters. The molecule has 1 aliphatic carbocycles. The van der Waals surface area contributed by atoms with E-state index < -0.39 is 0 Å². The van der Waals surface area contributed by atoms with Crippen molar-refractivity contribution in [2.24, 2.45) is 11.8 Å². The molecule has 1 N–H and O–H groups in total. The van der Waals surface area contributed by atoms with Gasteiger partial charge in [0.25, 0.3) is 0 Å². The van der Waals surface area contributed by atoms with E-state index in [4.69, 9.17) is 35.8 Å². The van der Waals surface area contributed by atoms with Crippen molar-refractivity contribution in [1.29, 1.82) is 5.26 Å². The molecule has 0 spiro atoms. The Hall–Kier alpha value is -3.22. The number of nitrogens with one attached hydrogen (secondary N) is 1. The number of benzene rings is 1. The van der Waals surface area contributed by atoms with E-state index in [1.165, 1.54) is 0 Å². The highest BCUT2D eigenvalue weighted by Crippen LogP contribution is 2.42. The first-order valence-corrected chi connectivity index (χ1v) is 12.6. The number of fused-ring (bicyclic) bond motifs is 2. The number of ether oxygens (including phenoxy) is 4. The van der Waals surface area contributed by atoms with Crippen molar-refractivity contribution < 1.29 is 23.7 Å². The smallest absolute Gasteiger partial charge is 0.410 e. The van der Waals surface area contributed by atoms with E-state index in [0.717, 1.165) is 18.4 Å². The lowest BCUT2D eigenvalue weighted by Gasteiger charge is -2.46. The van der Waals surface area contributed by atoms with E-state index in [-0.39, 0.29) is 30.1 Å². The predicted molar refractivity (Wildman–Crippen MR) is 133 cm³/mol. The van der Waals surface area contributed by atoms with Crippen molar-refractivity contribution in [3.05, 3.63) is 40.5 Å². The standard InChI is InChI=1S/C26H29ClN4O5/c1-3-16-10-29-25(30-21-7-4-15(9-28)8-20(21)27)24(33-2)23(16)36-22-17-11-31(12-18(22)14-34-13-17)26(32)35-19-5-6-19/h4,7-8,10,17-19,22H,3,5-6,11-14H2,1-2H3,(H,29,30). The summed E-state index contributed by atoms with van der Waals surface area (Å²) in [5.41, 5.74) is 1.99. The van der Waals surface area contributed by atoms with E-state index in [2.05, 4.69) is 16.4 Å². The van der Waals surface area contributed by atoms with Crippen molar-refractivity contribution in [3.8, 4) is 17.6 Å². The van der Waals surface area contributed by atoms with Gasteiger partial charge in [-0.15, -0.1) is 0 Å². The maximum Gasteiger partial charge on any atom is 0.410 e. The number of anilines is 2. The minimum absolute atomic E-state index is 0.0104. The summed E-state index contributed by atoms with van der Waals surface area (Å²) in [6.45, 7) is 4.10. The number of amides is 1. The summed E-state index contributed by atoms with van der Waals surface area (Å²) >= 11 is 6.38. The molecule has 1 aromatic carbocycles. The molecule has 36 heavy (non-hydrogen) atoms. The fraction of sp³-hybridized carbons (Fsp3) is 0.500. The number of aromatic nitrogens is 1. The van der Waals surface area contributed by atoms with Crippen LogP contribution in [0, 0.1) is 23.2 Å². The van der Waals surface area contributed by atoms with Crippen LogP contribution in [0.2, 0.25) is 5.02 Å². The Morgan fingerprint density at radius 2 is 2.03 bits per heavy atom. The first-order chi connectivity index (χ1) is 17.5. The monoisotopic (exact) mass is 512 g/mol. The highest BCUT2D eigenvalue weighted by atomic mass is 35.5. The van der Waals surface area contributed by atoms with Gasteiger partial charge in [0.1, 0.15) is 12.2 Å². The number of nitrogens with zero attached hydrogens (tertiary/aromatic N) is 3. The number of aryl methyl sites for hydroxylation is 1. The van der Waals surface area contributed by atoms with Gasteiger partial charge < -0.3 is 29.2 Å². The number of methoxy groups -OCH3 is 1. The summed E-state index contributed by atoms with van der Waals surface area (Å²) in [5, 5.41) is 12.7. The summed E-state index contributed by atoms with van der Waals surface area (Å²) in [5.74, 6) is 1.58. The van der Waals surface area contributed by atoms with E-state index in [1.807, 2.05) is 6.92 Å². The maximum atomic E-state index is 12.6. The number of carbonyl (C=O) groups excluding carboxylic acids is 1. The van der Waals surface area contributed by atoms with E-state index in [9.17, 15) is 4.79 Å². The second kappa shape index (κ2) is 10.4. The molecular weight excluding hydrogens is 484 g/mol. The Morgan fingerprint density at radius 1 is 1.28 bits per heavy atom. The molecule has 1 amide bonds. The number of piperidine rings is 1. The van der Waals surface area contributed by atoms with Gasteiger partial charge in [-0.25, -0.2) is 9.78 Å². The van der Waals surface area contributed by atoms with Crippen molar-refractivity contribution in [3.63, 3.8) is 0 Å². The van der Waals surface area contributed by atoms with Crippen molar-refractivity contribution >= 4 is 29.2 Å². The molecule has 9 nitrogen and oxygen atoms in total. The van der Waals surface area contributed by atoms with Crippen LogP contribution >= 0.6 is 11.6 Å².